The first-order chi connectivity index (χ1) is 10.5. The quantitative estimate of drug-likeness (QED) is 0.789. The van der Waals surface area contributed by atoms with Crippen LogP contribution in [0.15, 0.2) is 29.1 Å². The molecule has 5 nitrogen and oxygen atoms in total. The molecule has 6 heteroatoms. The summed E-state index contributed by atoms with van der Waals surface area (Å²) in [7, 11) is 0. The van der Waals surface area contributed by atoms with E-state index in [4.69, 9.17) is 11.6 Å². The Balaban J connectivity index is 1.63. The molecule has 1 heterocycles. The van der Waals surface area contributed by atoms with Crippen LogP contribution in [0.2, 0.25) is 5.02 Å². The average Bonchev–Trinajstić information content (AvgIpc) is 3.16. The van der Waals surface area contributed by atoms with E-state index in [9.17, 15) is 9.59 Å². The lowest BCUT2D eigenvalue weighted by molar-refractivity contribution is -0.121. The van der Waals surface area contributed by atoms with Crippen molar-refractivity contribution in [1.29, 1.82) is 0 Å². The predicted octanol–water partition coefficient (Wildman–Crippen LogP) is 2.10. The van der Waals surface area contributed by atoms with E-state index in [-0.39, 0.29) is 23.4 Å². The smallest absolute Gasteiger partial charge is 0.267 e. The summed E-state index contributed by atoms with van der Waals surface area (Å²) in [6, 6.07) is 7.68. The minimum Gasteiger partial charge on any atom is -0.350 e. The molecular weight excluding hydrogens is 302 g/mol. The highest BCUT2D eigenvalue weighted by molar-refractivity contribution is 6.30. The summed E-state index contributed by atoms with van der Waals surface area (Å²) in [4.78, 5) is 23.8. The second-order valence-electron chi connectivity index (χ2n) is 5.99. The van der Waals surface area contributed by atoms with Crippen molar-refractivity contribution in [3.8, 4) is 0 Å². The van der Waals surface area contributed by atoms with Crippen molar-refractivity contribution in [3.05, 3.63) is 56.5 Å². The van der Waals surface area contributed by atoms with Crippen molar-refractivity contribution < 1.29 is 4.79 Å². The van der Waals surface area contributed by atoms with E-state index in [1.807, 2.05) is 24.3 Å². The van der Waals surface area contributed by atoms with E-state index < -0.39 is 0 Å². The van der Waals surface area contributed by atoms with Crippen molar-refractivity contribution >= 4 is 17.5 Å². The number of carbonyl (C=O) groups excluding carboxylic acids is 1. The summed E-state index contributed by atoms with van der Waals surface area (Å²) in [5, 5.41) is 9.02. The topological polar surface area (TPSA) is 77.8 Å². The van der Waals surface area contributed by atoms with Crippen molar-refractivity contribution in [2.75, 3.05) is 0 Å². The zero-order valence-electron chi connectivity index (χ0n) is 12.3. The minimum absolute atomic E-state index is 0.104. The van der Waals surface area contributed by atoms with Crippen molar-refractivity contribution in [2.45, 2.75) is 38.1 Å². The number of hydrogen-bond donors (Lipinski definition) is 3. The van der Waals surface area contributed by atoms with E-state index >= 15 is 0 Å². The van der Waals surface area contributed by atoms with E-state index in [1.54, 1.807) is 6.92 Å². The molecule has 3 rings (SSSR count). The van der Waals surface area contributed by atoms with Gasteiger partial charge in [0.05, 0.1) is 6.42 Å². The average molecular weight is 320 g/mol. The molecule has 0 atom stereocenters. The number of hydrogen-bond acceptors (Lipinski definition) is 2. The predicted molar refractivity (Wildman–Crippen MR) is 85.1 cm³/mol. The Kier molecular flexibility index (Phi) is 3.83. The third-order valence-corrected chi connectivity index (χ3v) is 4.39. The Hall–Kier alpha value is -2.01. The molecule has 0 spiro atoms. The molecule has 1 aliphatic rings. The summed E-state index contributed by atoms with van der Waals surface area (Å²) >= 11 is 5.89. The molecule has 116 valence electrons. The zero-order valence-corrected chi connectivity index (χ0v) is 13.1. The van der Waals surface area contributed by atoms with Gasteiger partial charge in [-0.05, 0) is 43.9 Å². The summed E-state index contributed by atoms with van der Waals surface area (Å²) in [6.07, 6.45) is 2.82. The first kappa shape index (κ1) is 14.9. The molecule has 1 aromatic carbocycles. The lowest BCUT2D eigenvalue weighted by atomic mass is 10.0. The van der Waals surface area contributed by atoms with Crippen LogP contribution < -0.4 is 10.9 Å². The summed E-state index contributed by atoms with van der Waals surface area (Å²) in [5.41, 5.74) is 1.97. The number of carbonyl (C=O) groups is 1. The third-order valence-electron chi connectivity index (χ3n) is 4.14. The number of H-pyrrole nitrogens is 2. The number of aryl methyl sites for hydroxylation is 1. The first-order valence-corrected chi connectivity index (χ1v) is 7.67. The van der Waals surface area contributed by atoms with Crippen LogP contribution in [-0.4, -0.2) is 21.6 Å². The van der Waals surface area contributed by atoms with Crippen molar-refractivity contribution in [2.24, 2.45) is 0 Å². The lowest BCUT2D eigenvalue weighted by Gasteiger charge is -2.17. The van der Waals surface area contributed by atoms with Crippen LogP contribution in [0, 0.1) is 6.92 Å². The highest BCUT2D eigenvalue weighted by Gasteiger charge is 2.43. The lowest BCUT2D eigenvalue weighted by Crippen LogP contribution is -2.40. The van der Waals surface area contributed by atoms with Crippen LogP contribution in [-0.2, 0) is 17.6 Å². The van der Waals surface area contributed by atoms with Gasteiger partial charge in [0, 0.05) is 21.8 Å². The molecule has 1 aromatic heterocycles. The van der Waals surface area contributed by atoms with E-state index in [0.717, 1.165) is 24.8 Å². The number of benzene rings is 1. The number of aromatic amines is 2. The normalized spacial score (nSPS) is 15.5. The van der Waals surface area contributed by atoms with Gasteiger partial charge in [0.15, 0.2) is 0 Å². The SMILES string of the molecule is Cc1[nH][nH]c(=O)c1CC(=O)NC1(Cc2ccc(Cl)cc2)CC1. The molecule has 0 aliphatic heterocycles. The molecule has 1 fully saturated rings. The van der Waals surface area contributed by atoms with Crippen LogP contribution >= 0.6 is 11.6 Å². The van der Waals surface area contributed by atoms with Gasteiger partial charge in [0.2, 0.25) is 5.91 Å². The fraction of sp³-hybridized carbons (Fsp3) is 0.375. The Morgan fingerprint density at radius 2 is 1.95 bits per heavy atom. The number of amides is 1. The van der Waals surface area contributed by atoms with E-state index in [0.29, 0.717) is 16.3 Å². The fourth-order valence-corrected chi connectivity index (χ4v) is 2.80. The monoisotopic (exact) mass is 319 g/mol. The summed E-state index contributed by atoms with van der Waals surface area (Å²) in [6.45, 7) is 1.78. The molecular formula is C16H18ClN3O2. The Morgan fingerprint density at radius 3 is 2.50 bits per heavy atom. The van der Waals surface area contributed by atoms with Crippen molar-refractivity contribution in [1.82, 2.24) is 15.5 Å². The maximum atomic E-state index is 12.2. The van der Waals surface area contributed by atoms with Gasteiger partial charge in [0.1, 0.15) is 0 Å². The highest BCUT2D eigenvalue weighted by atomic mass is 35.5. The Morgan fingerprint density at radius 1 is 1.27 bits per heavy atom. The van der Waals surface area contributed by atoms with Gasteiger partial charge in [-0.1, -0.05) is 23.7 Å². The highest BCUT2D eigenvalue weighted by Crippen LogP contribution is 2.38. The zero-order chi connectivity index (χ0) is 15.7. The van der Waals surface area contributed by atoms with Crippen LogP contribution in [0.5, 0.6) is 0 Å². The Bertz CT molecular complexity index is 741. The molecule has 1 aliphatic carbocycles. The molecule has 0 bridgehead atoms. The summed E-state index contributed by atoms with van der Waals surface area (Å²) in [5.74, 6) is -0.111. The number of rotatable bonds is 5. The van der Waals surface area contributed by atoms with Crippen LogP contribution in [0.25, 0.3) is 0 Å². The second-order valence-corrected chi connectivity index (χ2v) is 6.43. The Labute approximate surface area is 133 Å². The van der Waals surface area contributed by atoms with E-state index in [2.05, 4.69) is 15.5 Å². The maximum Gasteiger partial charge on any atom is 0.267 e. The van der Waals surface area contributed by atoms with Gasteiger partial charge in [-0.15, -0.1) is 0 Å². The van der Waals surface area contributed by atoms with Crippen LogP contribution in [0.3, 0.4) is 0 Å². The van der Waals surface area contributed by atoms with Gasteiger partial charge in [-0.3, -0.25) is 14.7 Å². The second kappa shape index (κ2) is 5.65. The molecule has 22 heavy (non-hydrogen) atoms. The number of nitrogens with one attached hydrogen (secondary N) is 3. The van der Waals surface area contributed by atoms with E-state index in [1.165, 1.54) is 0 Å². The molecule has 0 unspecified atom stereocenters. The van der Waals surface area contributed by atoms with Gasteiger partial charge < -0.3 is 10.4 Å². The fourth-order valence-electron chi connectivity index (χ4n) is 2.67. The van der Waals surface area contributed by atoms with Crippen molar-refractivity contribution in [3.63, 3.8) is 0 Å². The van der Waals surface area contributed by atoms with Crippen LogP contribution in [0.1, 0.15) is 29.7 Å². The molecule has 0 radical (unpaired) electrons. The maximum absolute atomic E-state index is 12.2. The van der Waals surface area contributed by atoms with Gasteiger partial charge >= 0.3 is 0 Å². The molecule has 2 aromatic rings. The summed E-state index contributed by atoms with van der Waals surface area (Å²) < 4.78 is 0. The first-order valence-electron chi connectivity index (χ1n) is 7.29. The number of halogens is 1. The van der Waals surface area contributed by atoms with Crippen LogP contribution in [0.4, 0.5) is 0 Å². The van der Waals surface area contributed by atoms with Gasteiger partial charge in [0.25, 0.3) is 5.56 Å². The third kappa shape index (κ3) is 3.25. The largest absolute Gasteiger partial charge is 0.350 e. The molecule has 0 saturated heterocycles. The minimum atomic E-state index is -0.227. The van der Waals surface area contributed by atoms with Gasteiger partial charge in [-0.25, -0.2) is 0 Å². The van der Waals surface area contributed by atoms with Gasteiger partial charge in [-0.2, -0.15) is 0 Å². The molecule has 1 saturated carbocycles. The molecule has 1 amide bonds. The standard InChI is InChI=1S/C16H18ClN3O2/c1-10-13(15(22)20-19-10)8-14(21)18-16(6-7-16)9-11-2-4-12(17)5-3-11/h2-5H,6-9H2,1H3,(H,18,21)(H2,19,20,22). The molecule has 3 N–H and O–H groups in total. The number of aromatic nitrogens is 2.